The van der Waals surface area contributed by atoms with Gasteiger partial charge >= 0.3 is 6.03 Å². The Bertz CT molecular complexity index is 654. The van der Waals surface area contributed by atoms with Gasteiger partial charge in [-0.2, -0.15) is 0 Å². The van der Waals surface area contributed by atoms with E-state index in [0.717, 1.165) is 0 Å². The van der Waals surface area contributed by atoms with E-state index in [9.17, 15) is 9.90 Å². The van der Waals surface area contributed by atoms with Crippen molar-refractivity contribution < 1.29 is 14.3 Å². The molecule has 1 atom stereocenters. The van der Waals surface area contributed by atoms with E-state index in [1.807, 2.05) is 0 Å². The third-order valence-electron chi connectivity index (χ3n) is 2.93. The van der Waals surface area contributed by atoms with E-state index in [4.69, 9.17) is 10.8 Å². The number of rotatable bonds is 4. The Morgan fingerprint density at radius 3 is 2.90 bits per heavy atom. The van der Waals surface area contributed by atoms with Gasteiger partial charge in [0.1, 0.15) is 11.4 Å². The average molecular weight is 284 g/mol. The fourth-order valence-electron chi connectivity index (χ4n) is 1.79. The molecule has 0 saturated heterocycles. The number of anilines is 1. The fraction of sp³-hybridized carbons (Fsp3) is 0.188. The van der Waals surface area contributed by atoms with Crippen molar-refractivity contribution in [3.8, 4) is 12.3 Å². The summed E-state index contributed by atoms with van der Waals surface area (Å²) in [5.74, 6) is 2.88. The molecule has 2 aromatic rings. The molecule has 0 aliphatic rings. The number of nitrogens with one attached hydrogen (secondary N) is 2. The molecule has 0 fully saturated rings. The second-order valence-electron chi connectivity index (χ2n) is 4.78. The maximum absolute atomic E-state index is 11.8. The number of aliphatic hydroxyl groups is 1. The van der Waals surface area contributed by atoms with Crippen LogP contribution in [-0.4, -0.2) is 17.7 Å². The molecule has 1 aromatic heterocycles. The number of furan rings is 1. The van der Waals surface area contributed by atoms with Crippen LogP contribution in [0.3, 0.4) is 0 Å². The summed E-state index contributed by atoms with van der Waals surface area (Å²) in [6, 6.07) is 9.82. The summed E-state index contributed by atoms with van der Waals surface area (Å²) >= 11 is 0. The topological polar surface area (TPSA) is 74.5 Å². The molecule has 0 bridgehead atoms. The van der Waals surface area contributed by atoms with Gasteiger partial charge in [-0.15, -0.1) is 6.42 Å². The van der Waals surface area contributed by atoms with E-state index in [-0.39, 0.29) is 6.54 Å². The van der Waals surface area contributed by atoms with Crippen LogP contribution in [0.15, 0.2) is 47.1 Å². The van der Waals surface area contributed by atoms with Gasteiger partial charge in [-0.1, -0.05) is 12.0 Å². The van der Waals surface area contributed by atoms with Gasteiger partial charge in [-0.25, -0.2) is 4.79 Å². The number of terminal acetylenes is 1. The molecule has 108 valence electrons. The van der Waals surface area contributed by atoms with Crippen LogP contribution in [0.5, 0.6) is 0 Å². The third kappa shape index (κ3) is 3.88. The van der Waals surface area contributed by atoms with Gasteiger partial charge in [0.05, 0.1) is 12.8 Å². The Morgan fingerprint density at radius 1 is 1.43 bits per heavy atom. The summed E-state index contributed by atoms with van der Waals surface area (Å²) in [5.41, 5.74) is -0.0161. The van der Waals surface area contributed by atoms with Crippen molar-refractivity contribution >= 4 is 11.7 Å². The van der Waals surface area contributed by atoms with Gasteiger partial charge in [0, 0.05) is 11.3 Å². The number of carbonyl (C=O) groups is 1. The number of carbonyl (C=O) groups excluding carboxylic acids is 1. The molecule has 5 nitrogen and oxygen atoms in total. The van der Waals surface area contributed by atoms with E-state index >= 15 is 0 Å². The van der Waals surface area contributed by atoms with Gasteiger partial charge in [0.2, 0.25) is 0 Å². The summed E-state index contributed by atoms with van der Waals surface area (Å²) in [5, 5.41) is 15.4. The average Bonchev–Trinajstić information content (AvgIpc) is 3.00. The van der Waals surface area contributed by atoms with Crippen molar-refractivity contribution in [3.63, 3.8) is 0 Å². The zero-order valence-corrected chi connectivity index (χ0v) is 11.6. The zero-order valence-electron chi connectivity index (χ0n) is 11.6. The van der Waals surface area contributed by atoms with Crippen molar-refractivity contribution in [2.45, 2.75) is 12.5 Å². The first-order chi connectivity index (χ1) is 10.0. The van der Waals surface area contributed by atoms with E-state index < -0.39 is 11.6 Å². The first kappa shape index (κ1) is 14.7. The molecule has 0 spiro atoms. The third-order valence-corrected chi connectivity index (χ3v) is 2.93. The van der Waals surface area contributed by atoms with Gasteiger partial charge in [-0.3, -0.25) is 0 Å². The smallest absolute Gasteiger partial charge is 0.319 e. The molecule has 0 aliphatic heterocycles. The Labute approximate surface area is 123 Å². The largest absolute Gasteiger partial charge is 0.466 e. The zero-order chi connectivity index (χ0) is 15.3. The minimum atomic E-state index is -1.28. The highest BCUT2D eigenvalue weighted by Crippen LogP contribution is 2.19. The SMILES string of the molecule is C#Cc1cccc(NC(=O)NCC(C)(O)c2ccco2)c1. The first-order valence-electron chi connectivity index (χ1n) is 6.39. The normalized spacial score (nSPS) is 13.0. The van der Waals surface area contributed by atoms with E-state index in [2.05, 4.69) is 16.6 Å². The standard InChI is InChI=1S/C16H16N2O3/c1-3-12-6-4-7-13(10-12)18-15(19)17-11-16(2,20)14-8-5-9-21-14/h1,4-10,20H,11H2,2H3,(H2,17,18,19). The second-order valence-corrected chi connectivity index (χ2v) is 4.78. The van der Waals surface area contributed by atoms with Crippen LogP contribution in [0.4, 0.5) is 10.5 Å². The Hall–Kier alpha value is -2.71. The predicted molar refractivity (Wildman–Crippen MR) is 79.7 cm³/mol. The van der Waals surface area contributed by atoms with Crippen LogP contribution in [-0.2, 0) is 5.60 Å². The summed E-state index contributed by atoms with van der Waals surface area (Å²) in [6.07, 6.45) is 6.77. The molecule has 1 unspecified atom stereocenters. The van der Waals surface area contributed by atoms with Crippen molar-refractivity contribution in [3.05, 3.63) is 54.0 Å². The molecule has 2 amide bonds. The summed E-state index contributed by atoms with van der Waals surface area (Å²) in [6.45, 7) is 1.58. The highest BCUT2D eigenvalue weighted by atomic mass is 16.4. The number of amides is 2. The Kier molecular flexibility index (Phi) is 4.31. The van der Waals surface area contributed by atoms with Gasteiger partial charge < -0.3 is 20.2 Å². The van der Waals surface area contributed by atoms with Gasteiger partial charge in [0.25, 0.3) is 0 Å². The first-order valence-corrected chi connectivity index (χ1v) is 6.39. The lowest BCUT2D eigenvalue weighted by atomic mass is 10.0. The molecular weight excluding hydrogens is 268 g/mol. The lowest BCUT2D eigenvalue weighted by molar-refractivity contribution is 0.0372. The quantitative estimate of drug-likeness (QED) is 0.754. The number of benzene rings is 1. The van der Waals surface area contributed by atoms with Crippen LogP contribution in [0.25, 0.3) is 0 Å². The summed E-state index contributed by atoms with van der Waals surface area (Å²) in [4.78, 5) is 11.8. The Balaban J connectivity index is 1.92. The van der Waals surface area contributed by atoms with Gasteiger partial charge in [-0.05, 0) is 37.3 Å². The number of hydrogen-bond acceptors (Lipinski definition) is 3. The van der Waals surface area contributed by atoms with Crippen LogP contribution in [0.2, 0.25) is 0 Å². The second kappa shape index (κ2) is 6.16. The highest BCUT2D eigenvalue weighted by molar-refractivity contribution is 5.89. The van der Waals surface area contributed by atoms with Gasteiger partial charge in [0.15, 0.2) is 0 Å². The van der Waals surface area contributed by atoms with Crippen molar-refractivity contribution in [1.82, 2.24) is 5.32 Å². The lowest BCUT2D eigenvalue weighted by Gasteiger charge is -2.21. The van der Waals surface area contributed by atoms with Crippen LogP contribution in [0.1, 0.15) is 18.2 Å². The minimum absolute atomic E-state index is 0.0151. The van der Waals surface area contributed by atoms with Crippen molar-refractivity contribution in [2.24, 2.45) is 0 Å². The molecule has 3 N–H and O–H groups in total. The van der Waals surface area contributed by atoms with E-state index in [0.29, 0.717) is 17.0 Å². The van der Waals surface area contributed by atoms with E-state index in [1.54, 1.807) is 43.3 Å². The molecule has 0 aliphatic carbocycles. The highest BCUT2D eigenvalue weighted by Gasteiger charge is 2.26. The maximum Gasteiger partial charge on any atom is 0.319 e. The van der Waals surface area contributed by atoms with Crippen LogP contribution in [0, 0.1) is 12.3 Å². The predicted octanol–water partition coefficient (Wildman–Crippen LogP) is 2.29. The number of urea groups is 1. The molecule has 5 heteroatoms. The molecule has 0 saturated carbocycles. The lowest BCUT2D eigenvalue weighted by Crippen LogP contribution is -2.40. The van der Waals surface area contributed by atoms with Crippen LogP contribution < -0.4 is 10.6 Å². The van der Waals surface area contributed by atoms with Crippen molar-refractivity contribution in [1.29, 1.82) is 0 Å². The fourth-order valence-corrected chi connectivity index (χ4v) is 1.79. The molecule has 21 heavy (non-hydrogen) atoms. The Morgan fingerprint density at radius 2 is 2.24 bits per heavy atom. The summed E-state index contributed by atoms with van der Waals surface area (Å²) < 4.78 is 5.14. The molecule has 1 heterocycles. The maximum atomic E-state index is 11.8. The van der Waals surface area contributed by atoms with Crippen LogP contribution >= 0.6 is 0 Å². The molecule has 0 radical (unpaired) electrons. The molecule has 2 rings (SSSR count). The van der Waals surface area contributed by atoms with Crippen molar-refractivity contribution in [2.75, 3.05) is 11.9 Å². The van der Waals surface area contributed by atoms with E-state index in [1.165, 1.54) is 6.26 Å². The monoisotopic (exact) mass is 284 g/mol. The minimum Gasteiger partial charge on any atom is -0.466 e. The number of hydrogen-bond donors (Lipinski definition) is 3. The molecule has 1 aromatic carbocycles. The summed E-state index contributed by atoms with van der Waals surface area (Å²) in [7, 11) is 0. The molecular formula is C16H16N2O3.